The van der Waals surface area contributed by atoms with E-state index in [2.05, 4.69) is 10.6 Å². The Morgan fingerprint density at radius 1 is 1.06 bits per heavy atom. The van der Waals surface area contributed by atoms with Crippen molar-refractivity contribution in [2.75, 3.05) is 26.7 Å². The molecule has 0 aliphatic carbocycles. The minimum Gasteiger partial charge on any atom is -0.497 e. The average molecular weight is 460 g/mol. The fourth-order valence-electron chi connectivity index (χ4n) is 3.60. The van der Waals surface area contributed by atoms with Crippen LogP contribution in [0.15, 0.2) is 59.5 Å². The maximum Gasteiger partial charge on any atom is 0.243 e. The molecule has 3 rings (SSSR count). The molecule has 0 unspecified atom stereocenters. The number of amides is 2. The Morgan fingerprint density at radius 3 is 2.47 bits per heavy atom. The lowest BCUT2D eigenvalue weighted by molar-refractivity contribution is -0.126. The molecule has 172 valence electrons. The largest absolute Gasteiger partial charge is 0.497 e. The highest BCUT2D eigenvalue weighted by atomic mass is 32.2. The van der Waals surface area contributed by atoms with Gasteiger partial charge in [0.15, 0.2) is 0 Å². The van der Waals surface area contributed by atoms with Gasteiger partial charge < -0.3 is 15.4 Å². The first-order chi connectivity index (χ1) is 15.4. The third-order valence-corrected chi connectivity index (χ3v) is 7.32. The van der Waals surface area contributed by atoms with Crippen molar-refractivity contribution in [3.8, 4) is 5.75 Å². The Kier molecular flexibility index (Phi) is 8.24. The molecule has 32 heavy (non-hydrogen) atoms. The van der Waals surface area contributed by atoms with Gasteiger partial charge in [-0.1, -0.05) is 30.3 Å². The van der Waals surface area contributed by atoms with Gasteiger partial charge in [-0.2, -0.15) is 4.31 Å². The molecule has 2 aromatic carbocycles. The van der Waals surface area contributed by atoms with Crippen molar-refractivity contribution in [3.63, 3.8) is 0 Å². The molecule has 0 spiro atoms. The molecule has 2 N–H and O–H groups in total. The van der Waals surface area contributed by atoms with Crippen molar-refractivity contribution in [2.24, 2.45) is 5.92 Å². The average Bonchev–Trinajstić information content (AvgIpc) is 2.83. The molecule has 2 amide bonds. The number of piperidine rings is 1. The predicted octanol–water partition coefficient (Wildman–Crippen LogP) is 1.92. The highest BCUT2D eigenvalue weighted by Crippen LogP contribution is 2.25. The zero-order valence-corrected chi connectivity index (χ0v) is 18.9. The van der Waals surface area contributed by atoms with Gasteiger partial charge >= 0.3 is 0 Å². The Morgan fingerprint density at radius 2 is 1.78 bits per heavy atom. The highest BCUT2D eigenvalue weighted by Gasteiger charge is 2.33. The summed E-state index contributed by atoms with van der Waals surface area (Å²) >= 11 is 0. The van der Waals surface area contributed by atoms with Gasteiger partial charge in [-0.05, 0) is 42.7 Å². The maximum atomic E-state index is 12.9. The molecule has 0 saturated carbocycles. The molecule has 8 nitrogen and oxygen atoms in total. The topological polar surface area (TPSA) is 105 Å². The summed E-state index contributed by atoms with van der Waals surface area (Å²) in [5.41, 5.74) is 1.00. The minimum absolute atomic E-state index is 0.125. The fraction of sp³-hybridized carbons (Fsp3) is 0.391. The number of carbonyl (C=O) groups excluding carboxylic acids is 2. The van der Waals surface area contributed by atoms with Gasteiger partial charge in [0.1, 0.15) is 5.75 Å². The van der Waals surface area contributed by atoms with E-state index in [1.54, 1.807) is 12.1 Å². The molecule has 2 aromatic rings. The number of hydrogen-bond donors (Lipinski definition) is 2. The van der Waals surface area contributed by atoms with Crippen LogP contribution in [-0.2, 0) is 26.2 Å². The first-order valence-electron chi connectivity index (χ1n) is 10.6. The Hall–Kier alpha value is -2.91. The van der Waals surface area contributed by atoms with Crippen LogP contribution in [0.5, 0.6) is 5.75 Å². The van der Waals surface area contributed by atoms with Crippen molar-refractivity contribution >= 4 is 21.8 Å². The Balaban J connectivity index is 1.46. The molecule has 1 aliphatic heterocycles. The summed E-state index contributed by atoms with van der Waals surface area (Å²) < 4.78 is 32.3. The van der Waals surface area contributed by atoms with Gasteiger partial charge in [0.05, 0.1) is 17.9 Å². The van der Waals surface area contributed by atoms with Crippen LogP contribution >= 0.6 is 0 Å². The number of methoxy groups -OCH3 is 1. The Labute approximate surface area is 189 Å². The first-order valence-corrected chi connectivity index (χ1v) is 12.1. The van der Waals surface area contributed by atoms with E-state index in [0.29, 0.717) is 31.7 Å². The van der Waals surface area contributed by atoms with Crippen LogP contribution in [0.1, 0.15) is 24.8 Å². The summed E-state index contributed by atoms with van der Waals surface area (Å²) in [6.07, 6.45) is 1.38. The van der Waals surface area contributed by atoms with E-state index in [9.17, 15) is 18.0 Å². The number of nitrogens with one attached hydrogen (secondary N) is 2. The van der Waals surface area contributed by atoms with E-state index in [0.717, 1.165) is 5.56 Å². The Bertz CT molecular complexity index is 1010. The van der Waals surface area contributed by atoms with Crippen molar-refractivity contribution in [1.29, 1.82) is 0 Å². The molecule has 1 fully saturated rings. The van der Waals surface area contributed by atoms with Crippen LogP contribution in [0.2, 0.25) is 0 Å². The monoisotopic (exact) mass is 459 g/mol. The summed E-state index contributed by atoms with van der Waals surface area (Å²) in [5.74, 6) is -0.242. The van der Waals surface area contributed by atoms with Crippen LogP contribution in [0.3, 0.4) is 0 Å². The van der Waals surface area contributed by atoms with E-state index >= 15 is 0 Å². The third kappa shape index (κ3) is 6.30. The number of carbonyl (C=O) groups is 2. The second kappa shape index (κ2) is 11.1. The van der Waals surface area contributed by atoms with Crippen LogP contribution < -0.4 is 15.4 Å². The van der Waals surface area contributed by atoms with Gasteiger partial charge in [0.2, 0.25) is 21.8 Å². The van der Waals surface area contributed by atoms with Crippen LogP contribution in [0.25, 0.3) is 0 Å². The SMILES string of the molecule is COc1ccc(S(=O)(=O)N2CCC[C@@H](C(=O)NCCC(=O)NCc3ccccc3)C2)cc1. The number of sulfonamides is 1. The quantitative estimate of drug-likeness (QED) is 0.596. The van der Waals surface area contributed by atoms with E-state index in [-0.39, 0.29) is 36.2 Å². The van der Waals surface area contributed by atoms with E-state index in [1.807, 2.05) is 30.3 Å². The van der Waals surface area contributed by atoms with Gasteiger partial charge in [0.25, 0.3) is 0 Å². The normalized spacial score (nSPS) is 16.8. The number of ether oxygens (including phenoxy) is 1. The number of hydrogen-bond acceptors (Lipinski definition) is 5. The van der Waals surface area contributed by atoms with Crippen molar-refractivity contribution in [1.82, 2.24) is 14.9 Å². The van der Waals surface area contributed by atoms with Gasteiger partial charge in [0, 0.05) is 32.6 Å². The van der Waals surface area contributed by atoms with E-state index in [4.69, 9.17) is 4.74 Å². The summed E-state index contributed by atoms with van der Waals surface area (Å²) in [6, 6.07) is 15.8. The molecular formula is C23H29N3O5S. The molecule has 1 atom stereocenters. The zero-order chi connectivity index (χ0) is 23.0. The molecule has 1 aliphatic rings. The van der Waals surface area contributed by atoms with E-state index in [1.165, 1.54) is 23.5 Å². The molecule has 1 heterocycles. The highest BCUT2D eigenvalue weighted by molar-refractivity contribution is 7.89. The molecule has 0 bridgehead atoms. The standard InChI is InChI=1S/C23H29N3O5S/c1-31-20-9-11-21(12-10-20)32(29,30)26-15-5-8-19(17-26)23(28)24-14-13-22(27)25-16-18-6-3-2-4-7-18/h2-4,6-7,9-12,19H,5,8,13-17H2,1H3,(H,24,28)(H,25,27)/t19-/m1/s1. The van der Waals surface area contributed by atoms with Crippen LogP contribution in [0, 0.1) is 5.92 Å². The van der Waals surface area contributed by atoms with Gasteiger partial charge in [-0.15, -0.1) is 0 Å². The number of rotatable bonds is 9. The maximum absolute atomic E-state index is 12.9. The number of nitrogens with zero attached hydrogens (tertiary/aromatic N) is 1. The van der Waals surface area contributed by atoms with Crippen LogP contribution in [-0.4, -0.2) is 51.3 Å². The number of benzene rings is 2. The molecule has 1 saturated heterocycles. The summed E-state index contributed by atoms with van der Waals surface area (Å²) in [6.45, 7) is 1.15. The van der Waals surface area contributed by atoms with Crippen molar-refractivity contribution < 1.29 is 22.7 Å². The summed E-state index contributed by atoms with van der Waals surface area (Å²) in [7, 11) is -2.17. The third-order valence-electron chi connectivity index (χ3n) is 5.44. The molecule has 0 aromatic heterocycles. The lowest BCUT2D eigenvalue weighted by atomic mass is 9.99. The lowest BCUT2D eigenvalue weighted by Crippen LogP contribution is -2.45. The van der Waals surface area contributed by atoms with Crippen LogP contribution in [0.4, 0.5) is 0 Å². The fourth-order valence-corrected chi connectivity index (χ4v) is 5.12. The van der Waals surface area contributed by atoms with Crippen molar-refractivity contribution in [2.45, 2.75) is 30.7 Å². The summed E-state index contributed by atoms with van der Waals surface area (Å²) in [4.78, 5) is 24.7. The zero-order valence-electron chi connectivity index (χ0n) is 18.1. The minimum atomic E-state index is -3.69. The van der Waals surface area contributed by atoms with Gasteiger partial charge in [-0.25, -0.2) is 8.42 Å². The predicted molar refractivity (Wildman–Crippen MR) is 120 cm³/mol. The molecular weight excluding hydrogens is 430 g/mol. The van der Waals surface area contributed by atoms with Gasteiger partial charge in [-0.3, -0.25) is 9.59 Å². The molecule has 0 radical (unpaired) electrons. The summed E-state index contributed by atoms with van der Waals surface area (Å²) in [5, 5.41) is 5.59. The lowest BCUT2D eigenvalue weighted by Gasteiger charge is -2.31. The van der Waals surface area contributed by atoms with E-state index < -0.39 is 15.9 Å². The second-order valence-corrected chi connectivity index (χ2v) is 9.62. The second-order valence-electron chi connectivity index (χ2n) is 7.68. The molecule has 9 heteroatoms. The first kappa shape index (κ1) is 23.7. The smallest absolute Gasteiger partial charge is 0.243 e. The van der Waals surface area contributed by atoms with Crippen molar-refractivity contribution in [3.05, 3.63) is 60.2 Å².